The minimum Gasteiger partial charge on any atom is -0.377 e. The van der Waals surface area contributed by atoms with E-state index in [0.29, 0.717) is 16.6 Å². The molecule has 0 radical (unpaired) electrons. The molecule has 2 nitrogen and oxygen atoms in total. The highest BCUT2D eigenvalue weighted by Gasteiger charge is 2.28. The van der Waals surface area contributed by atoms with E-state index in [9.17, 15) is 0 Å². The zero-order valence-electron chi connectivity index (χ0n) is 11.4. The van der Waals surface area contributed by atoms with Crippen molar-refractivity contribution in [3.05, 3.63) is 35.4 Å². The molecule has 0 aliphatic carbocycles. The molecular formula is C15H23NOS. The van der Waals surface area contributed by atoms with E-state index in [2.05, 4.69) is 45.0 Å². The summed E-state index contributed by atoms with van der Waals surface area (Å²) in [7, 11) is 0. The van der Waals surface area contributed by atoms with Crippen LogP contribution in [0.4, 0.5) is 0 Å². The molecule has 3 heteroatoms. The van der Waals surface area contributed by atoms with Crippen molar-refractivity contribution < 1.29 is 4.74 Å². The highest BCUT2D eigenvalue weighted by atomic mass is 32.2. The molecule has 4 atom stereocenters. The Balaban J connectivity index is 1.95. The van der Waals surface area contributed by atoms with E-state index in [1.54, 1.807) is 0 Å². The standard InChI is InChI=1S/C15H23NOS/c1-10-4-6-13(7-5-10)15(16)12(3)18-14-8-9-17-11(14)2/h4-7,11-12,14-15H,8-9,16H2,1-3H3. The van der Waals surface area contributed by atoms with Gasteiger partial charge in [-0.05, 0) is 25.8 Å². The van der Waals surface area contributed by atoms with E-state index in [4.69, 9.17) is 10.5 Å². The predicted molar refractivity (Wildman–Crippen MR) is 79.0 cm³/mol. The number of nitrogens with two attached hydrogens (primary N) is 1. The van der Waals surface area contributed by atoms with Crippen molar-refractivity contribution in [1.82, 2.24) is 0 Å². The van der Waals surface area contributed by atoms with Gasteiger partial charge in [-0.3, -0.25) is 0 Å². The molecule has 0 saturated carbocycles. The van der Waals surface area contributed by atoms with E-state index in [1.165, 1.54) is 11.1 Å². The van der Waals surface area contributed by atoms with Gasteiger partial charge in [0.05, 0.1) is 6.10 Å². The maximum atomic E-state index is 6.35. The quantitative estimate of drug-likeness (QED) is 0.907. The van der Waals surface area contributed by atoms with Gasteiger partial charge in [0.15, 0.2) is 0 Å². The van der Waals surface area contributed by atoms with Crippen LogP contribution in [0, 0.1) is 6.92 Å². The number of ether oxygens (including phenoxy) is 1. The molecule has 18 heavy (non-hydrogen) atoms. The third-order valence-electron chi connectivity index (χ3n) is 3.66. The molecule has 0 bridgehead atoms. The molecular weight excluding hydrogens is 242 g/mol. The predicted octanol–water partition coefficient (Wildman–Crippen LogP) is 3.29. The van der Waals surface area contributed by atoms with E-state index in [-0.39, 0.29) is 6.04 Å². The van der Waals surface area contributed by atoms with Gasteiger partial charge in [-0.15, -0.1) is 0 Å². The van der Waals surface area contributed by atoms with Gasteiger partial charge in [0, 0.05) is 23.1 Å². The minimum absolute atomic E-state index is 0.100. The molecule has 1 heterocycles. The molecule has 4 unspecified atom stereocenters. The summed E-state index contributed by atoms with van der Waals surface area (Å²) in [5, 5.41) is 1.01. The summed E-state index contributed by atoms with van der Waals surface area (Å²) in [6.45, 7) is 7.38. The van der Waals surface area contributed by atoms with Crippen LogP contribution < -0.4 is 5.73 Å². The maximum Gasteiger partial charge on any atom is 0.0666 e. The van der Waals surface area contributed by atoms with Crippen LogP contribution >= 0.6 is 11.8 Å². The largest absolute Gasteiger partial charge is 0.377 e. The molecule has 1 aromatic rings. The summed E-state index contributed by atoms with van der Waals surface area (Å²) in [5.74, 6) is 0. The summed E-state index contributed by atoms with van der Waals surface area (Å²) >= 11 is 1.97. The SMILES string of the molecule is Cc1ccc(C(N)C(C)SC2CCOC2C)cc1. The maximum absolute atomic E-state index is 6.35. The molecule has 1 fully saturated rings. The lowest BCUT2D eigenvalue weighted by Gasteiger charge is -2.24. The second-order valence-electron chi connectivity index (χ2n) is 5.18. The Kier molecular flexibility index (Phi) is 4.71. The number of thioether (sulfide) groups is 1. The zero-order chi connectivity index (χ0) is 13.1. The van der Waals surface area contributed by atoms with Crippen molar-refractivity contribution in [1.29, 1.82) is 0 Å². The Morgan fingerprint density at radius 3 is 2.56 bits per heavy atom. The highest BCUT2D eigenvalue weighted by Crippen LogP contribution is 2.34. The normalized spacial score (nSPS) is 27.1. The van der Waals surface area contributed by atoms with Crippen LogP contribution in [0.2, 0.25) is 0 Å². The Bertz CT molecular complexity index is 379. The second-order valence-corrected chi connectivity index (χ2v) is 6.80. The average molecular weight is 265 g/mol. The van der Waals surface area contributed by atoms with Gasteiger partial charge in [-0.25, -0.2) is 0 Å². The van der Waals surface area contributed by atoms with Gasteiger partial charge >= 0.3 is 0 Å². The van der Waals surface area contributed by atoms with Gasteiger partial charge in [0.1, 0.15) is 0 Å². The van der Waals surface area contributed by atoms with E-state index < -0.39 is 0 Å². The lowest BCUT2D eigenvalue weighted by Crippen LogP contribution is -2.25. The Morgan fingerprint density at radius 2 is 2.00 bits per heavy atom. The molecule has 0 amide bonds. The fourth-order valence-electron chi connectivity index (χ4n) is 2.31. The van der Waals surface area contributed by atoms with Crippen molar-refractivity contribution >= 4 is 11.8 Å². The number of aryl methyl sites for hydroxylation is 1. The van der Waals surface area contributed by atoms with Gasteiger partial charge < -0.3 is 10.5 Å². The smallest absolute Gasteiger partial charge is 0.0666 e. The first kappa shape index (κ1) is 13.9. The van der Waals surface area contributed by atoms with Crippen molar-refractivity contribution in [2.75, 3.05) is 6.61 Å². The molecule has 1 aliphatic heterocycles. The van der Waals surface area contributed by atoms with Gasteiger partial charge in [-0.2, -0.15) is 11.8 Å². The first-order chi connectivity index (χ1) is 8.58. The van der Waals surface area contributed by atoms with E-state index >= 15 is 0 Å². The average Bonchev–Trinajstić information content (AvgIpc) is 2.75. The zero-order valence-corrected chi connectivity index (χ0v) is 12.2. The lowest BCUT2D eigenvalue weighted by molar-refractivity contribution is 0.127. The molecule has 0 aromatic heterocycles. The first-order valence-electron chi connectivity index (χ1n) is 6.67. The number of benzene rings is 1. The van der Waals surface area contributed by atoms with E-state index in [0.717, 1.165) is 13.0 Å². The van der Waals surface area contributed by atoms with Crippen LogP contribution in [0.5, 0.6) is 0 Å². The Hall–Kier alpha value is -0.510. The Labute approximate surface area is 114 Å². The molecule has 1 aliphatic rings. The summed E-state index contributed by atoms with van der Waals surface area (Å²) in [5.41, 5.74) is 8.86. The van der Waals surface area contributed by atoms with Gasteiger partial charge in [0.25, 0.3) is 0 Å². The van der Waals surface area contributed by atoms with Crippen molar-refractivity contribution in [3.8, 4) is 0 Å². The lowest BCUT2D eigenvalue weighted by atomic mass is 10.0. The number of hydrogen-bond donors (Lipinski definition) is 1. The Morgan fingerprint density at radius 1 is 1.33 bits per heavy atom. The molecule has 100 valence electrons. The third kappa shape index (κ3) is 3.28. The summed E-state index contributed by atoms with van der Waals surface area (Å²) in [4.78, 5) is 0. The molecule has 1 aromatic carbocycles. The molecule has 1 saturated heterocycles. The monoisotopic (exact) mass is 265 g/mol. The van der Waals surface area contributed by atoms with Crippen LogP contribution in [0.15, 0.2) is 24.3 Å². The fourth-order valence-corrected chi connectivity index (χ4v) is 3.72. The highest BCUT2D eigenvalue weighted by molar-refractivity contribution is 8.00. The second kappa shape index (κ2) is 6.09. The fraction of sp³-hybridized carbons (Fsp3) is 0.600. The molecule has 2 N–H and O–H groups in total. The van der Waals surface area contributed by atoms with Crippen molar-refractivity contribution in [2.24, 2.45) is 5.73 Å². The van der Waals surface area contributed by atoms with Gasteiger partial charge in [-0.1, -0.05) is 36.8 Å². The molecule has 0 spiro atoms. The van der Waals surface area contributed by atoms with Gasteiger partial charge in [0.2, 0.25) is 0 Å². The first-order valence-corrected chi connectivity index (χ1v) is 7.61. The van der Waals surface area contributed by atoms with Crippen LogP contribution in [0.3, 0.4) is 0 Å². The number of hydrogen-bond acceptors (Lipinski definition) is 3. The van der Waals surface area contributed by atoms with Crippen molar-refractivity contribution in [2.45, 2.75) is 49.8 Å². The van der Waals surface area contributed by atoms with Crippen LogP contribution in [0.1, 0.15) is 37.4 Å². The van der Waals surface area contributed by atoms with E-state index in [1.807, 2.05) is 11.8 Å². The minimum atomic E-state index is 0.100. The van der Waals surface area contributed by atoms with Crippen molar-refractivity contribution in [3.63, 3.8) is 0 Å². The topological polar surface area (TPSA) is 35.2 Å². The summed E-state index contributed by atoms with van der Waals surface area (Å²) in [6, 6.07) is 8.65. The van der Waals surface area contributed by atoms with Crippen LogP contribution in [-0.2, 0) is 4.74 Å². The summed E-state index contributed by atoms with van der Waals surface area (Å²) < 4.78 is 5.61. The van der Waals surface area contributed by atoms with Crippen LogP contribution in [-0.4, -0.2) is 23.2 Å². The van der Waals surface area contributed by atoms with Crippen LogP contribution in [0.25, 0.3) is 0 Å². The number of rotatable bonds is 4. The summed E-state index contributed by atoms with van der Waals surface area (Å²) in [6.07, 6.45) is 1.51. The third-order valence-corrected chi connectivity index (χ3v) is 5.36. The molecule has 2 rings (SSSR count).